The fourth-order valence-electron chi connectivity index (χ4n) is 4.28. The predicted octanol–water partition coefficient (Wildman–Crippen LogP) is 1.84. The number of amides is 3. The molecule has 3 saturated heterocycles. The van der Waals surface area contributed by atoms with Crippen LogP contribution < -0.4 is 5.32 Å². The van der Waals surface area contributed by atoms with Gasteiger partial charge in [0.05, 0.1) is 11.4 Å². The molecule has 0 aromatic heterocycles. The Bertz CT molecular complexity index is 710. The van der Waals surface area contributed by atoms with Gasteiger partial charge in [-0.15, -0.1) is 11.8 Å². The Morgan fingerprint density at radius 2 is 2.00 bits per heavy atom. The SMILES string of the molecule is CC(C)(C)OC(=O)N[C@]1(C2CCN(C(=O)O)CC2)CC2SC[C@@H](C#N)N2C1=O. The first-order valence-electron chi connectivity index (χ1n) is 9.40. The van der Waals surface area contributed by atoms with Crippen LogP contribution in [0.4, 0.5) is 9.59 Å². The van der Waals surface area contributed by atoms with Gasteiger partial charge in [0, 0.05) is 25.3 Å². The molecule has 0 aromatic carbocycles. The minimum atomic E-state index is -1.17. The number of nitriles is 1. The van der Waals surface area contributed by atoms with Crippen LogP contribution in [0.25, 0.3) is 0 Å². The lowest BCUT2D eigenvalue weighted by atomic mass is 9.76. The van der Waals surface area contributed by atoms with Crippen LogP contribution in [0.5, 0.6) is 0 Å². The number of carbonyl (C=O) groups excluding carboxylic acids is 2. The molecule has 28 heavy (non-hydrogen) atoms. The van der Waals surface area contributed by atoms with E-state index >= 15 is 0 Å². The molecular weight excluding hydrogens is 384 g/mol. The van der Waals surface area contributed by atoms with E-state index in [9.17, 15) is 24.8 Å². The minimum absolute atomic E-state index is 0.162. The van der Waals surface area contributed by atoms with Crippen molar-refractivity contribution in [3.8, 4) is 6.07 Å². The van der Waals surface area contributed by atoms with E-state index in [1.807, 2.05) is 0 Å². The molecule has 0 aliphatic carbocycles. The maximum absolute atomic E-state index is 13.5. The molecule has 10 heteroatoms. The van der Waals surface area contributed by atoms with E-state index in [1.165, 1.54) is 4.90 Å². The fourth-order valence-corrected chi connectivity index (χ4v) is 5.71. The summed E-state index contributed by atoms with van der Waals surface area (Å²) in [6.07, 6.45) is -0.314. The average Bonchev–Trinajstić information content (AvgIpc) is 3.12. The smallest absolute Gasteiger partial charge is 0.408 e. The number of nitrogens with zero attached hydrogens (tertiary/aromatic N) is 3. The van der Waals surface area contributed by atoms with E-state index in [2.05, 4.69) is 11.4 Å². The monoisotopic (exact) mass is 410 g/mol. The molecule has 0 radical (unpaired) electrons. The van der Waals surface area contributed by atoms with Gasteiger partial charge in [0.15, 0.2) is 0 Å². The van der Waals surface area contributed by atoms with E-state index in [0.717, 1.165) is 0 Å². The summed E-state index contributed by atoms with van der Waals surface area (Å²) in [7, 11) is 0. The molecule has 0 spiro atoms. The first-order valence-corrected chi connectivity index (χ1v) is 10.5. The number of carbonyl (C=O) groups is 3. The number of thioether (sulfide) groups is 1. The molecule has 3 fully saturated rings. The van der Waals surface area contributed by atoms with Crippen LogP contribution in [-0.2, 0) is 9.53 Å². The van der Waals surface area contributed by atoms with Crippen LogP contribution in [-0.4, -0.2) is 74.4 Å². The number of likely N-dealkylation sites (tertiary alicyclic amines) is 1. The van der Waals surface area contributed by atoms with Crippen LogP contribution in [0.1, 0.15) is 40.0 Å². The summed E-state index contributed by atoms with van der Waals surface area (Å²) < 4.78 is 5.40. The second-order valence-electron chi connectivity index (χ2n) is 8.49. The lowest BCUT2D eigenvalue weighted by Crippen LogP contribution is -2.62. The third-order valence-corrected chi connectivity index (χ3v) is 6.83. The molecule has 3 rings (SSSR count). The summed E-state index contributed by atoms with van der Waals surface area (Å²) in [6.45, 7) is 5.87. The van der Waals surface area contributed by atoms with E-state index < -0.39 is 29.4 Å². The zero-order chi connectivity index (χ0) is 20.7. The molecule has 3 atom stereocenters. The van der Waals surface area contributed by atoms with Crippen LogP contribution in [0, 0.1) is 17.2 Å². The lowest BCUT2D eigenvalue weighted by molar-refractivity contribution is -0.136. The zero-order valence-corrected chi connectivity index (χ0v) is 17.1. The standard InChI is InChI=1S/C18H26N4O5S/c1-17(2,3)27-15(24)20-18(11-4-6-21(7-5-11)16(25)26)8-13-22(14(18)23)12(9-19)10-28-13/h11-13H,4-8,10H2,1-3H3,(H,20,24)(H,25,26)/t12-,13?,18+/m1/s1. The molecule has 3 aliphatic heterocycles. The number of ether oxygens (including phenoxy) is 1. The van der Waals surface area contributed by atoms with Crippen LogP contribution in [0.3, 0.4) is 0 Å². The quantitative estimate of drug-likeness (QED) is 0.712. The van der Waals surface area contributed by atoms with Crippen molar-refractivity contribution < 1.29 is 24.2 Å². The van der Waals surface area contributed by atoms with Crippen molar-refractivity contribution in [2.75, 3.05) is 18.8 Å². The third kappa shape index (κ3) is 3.72. The van der Waals surface area contributed by atoms with Gasteiger partial charge in [-0.3, -0.25) is 4.79 Å². The number of fused-ring (bicyclic) bond motifs is 1. The van der Waals surface area contributed by atoms with Gasteiger partial charge < -0.3 is 25.0 Å². The Morgan fingerprint density at radius 1 is 1.36 bits per heavy atom. The first-order chi connectivity index (χ1) is 13.1. The van der Waals surface area contributed by atoms with Gasteiger partial charge in [-0.1, -0.05) is 0 Å². The number of alkyl carbamates (subject to hydrolysis) is 1. The predicted molar refractivity (Wildman–Crippen MR) is 102 cm³/mol. The number of carboxylic acid groups (broad SMARTS) is 1. The molecule has 0 aromatic rings. The van der Waals surface area contributed by atoms with Crippen molar-refractivity contribution >= 4 is 29.9 Å². The largest absolute Gasteiger partial charge is 0.465 e. The summed E-state index contributed by atoms with van der Waals surface area (Å²) in [6, 6.07) is 1.66. The molecule has 0 saturated carbocycles. The van der Waals surface area contributed by atoms with Crippen molar-refractivity contribution in [2.45, 2.75) is 62.6 Å². The molecule has 1 unspecified atom stereocenters. The Hall–Kier alpha value is -2.15. The zero-order valence-electron chi connectivity index (χ0n) is 16.3. The van der Waals surface area contributed by atoms with Crippen LogP contribution >= 0.6 is 11.8 Å². The van der Waals surface area contributed by atoms with Crippen molar-refractivity contribution in [3.05, 3.63) is 0 Å². The molecule has 3 amide bonds. The number of hydrogen-bond acceptors (Lipinski definition) is 6. The van der Waals surface area contributed by atoms with Crippen LogP contribution in [0.2, 0.25) is 0 Å². The highest BCUT2D eigenvalue weighted by atomic mass is 32.2. The maximum Gasteiger partial charge on any atom is 0.408 e. The normalized spacial score (nSPS) is 30.7. The maximum atomic E-state index is 13.5. The highest BCUT2D eigenvalue weighted by Crippen LogP contribution is 2.47. The first kappa shape index (κ1) is 20.6. The van der Waals surface area contributed by atoms with E-state index in [1.54, 1.807) is 37.4 Å². The molecule has 0 bridgehead atoms. The minimum Gasteiger partial charge on any atom is -0.465 e. The molecule has 2 N–H and O–H groups in total. The topological polar surface area (TPSA) is 123 Å². The van der Waals surface area contributed by atoms with E-state index in [-0.39, 0.29) is 17.2 Å². The molecule has 9 nitrogen and oxygen atoms in total. The second-order valence-corrected chi connectivity index (χ2v) is 9.70. The van der Waals surface area contributed by atoms with Gasteiger partial charge in [0.2, 0.25) is 0 Å². The van der Waals surface area contributed by atoms with Gasteiger partial charge in [0.1, 0.15) is 17.2 Å². The average molecular weight is 410 g/mol. The highest BCUT2D eigenvalue weighted by molar-refractivity contribution is 8.00. The molecule has 3 aliphatic rings. The van der Waals surface area contributed by atoms with Gasteiger partial charge in [0.25, 0.3) is 5.91 Å². The molecule has 154 valence electrons. The third-order valence-electron chi connectivity index (χ3n) is 5.54. The van der Waals surface area contributed by atoms with E-state index in [4.69, 9.17) is 4.74 Å². The Morgan fingerprint density at radius 3 is 2.54 bits per heavy atom. The van der Waals surface area contributed by atoms with Gasteiger partial charge >= 0.3 is 12.2 Å². The summed E-state index contributed by atoms with van der Waals surface area (Å²) in [5.74, 6) is 0.0923. The summed E-state index contributed by atoms with van der Waals surface area (Å²) in [4.78, 5) is 40.2. The fraction of sp³-hybridized carbons (Fsp3) is 0.778. The number of piperidine rings is 1. The molecular formula is C18H26N4O5S. The van der Waals surface area contributed by atoms with Gasteiger partial charge in [-0.05, 0) is 39.5 Å². The van der Waals surface area contributed by atoms with Crippen molar-refractivity contribution in [1.82, 2.24) is 15.1 Å². The van der Waals surface area contributed by atoms with Gasteiger partial charge in [-0.2, -0.15) is 5.26 Å². The number of nitrogens with one attached hydrogen (secondary N) is 1. The summed E-state index contributed by atoms with van der Waals surface area (Å²) in [5.41, 5.74) is -1.88. The van der Waals surface area contributed by atoms with Crippen molar-refractivity contribution in [1.29, 1.82) is 5.26 Å². The summed E-state index contributed by atoms with van der Waals surface area (Å²) >= 11 is 1.55. The van der Waals surface area contributed by atoms with Gasteiger partial charge in [-0.25, -0.2) is 9.59 Å². The number of rotatable bonds is 2. The summed E-state index contributed by atoms with van der Waals surface area (Å²) in [5, 5.41) is 21.3. The Labute approximate surface area is 168 Å². The highest BCUT2D eigenvalue weighted by Gasteiger charge is 2.61. The van der Waals surface area contributed by atoms with Crippen molar-refractivity contribution in [2.24, 2.45) is 5.92 Å². The lowest BCUT2D eigenvalue weighted by Gasteiger charge is -2.41. The number of hydrogen-bond donors (Lipinski definition) is 2. The molecule has 3 heterocycles. The Balaban J connectivity index is 1.86. The van der Waals surface area contributed by atoms with Crippen molar-refractivity contribution in [3.63, 3.8) is 0 Å². The van der Waals surface area contributed by atoms with E-state index in [0.29, 0.717) is 38.1 Å². The Kier molecular flexibility index (Phi) is 5.40. The van der Waals surface area contributed by atoms with Crippen LogP contribution in [0.15, 0.2) is 0 Å². The second kappa shape index (κ2) is 7.35.